The van der Waals surface area contributed by atoms with Crippen molar-refractivity contribution in [2.45, 2.75) is 17.9 Å². The van der Waals surface area contributed by atoms with Crippen LogP contribution in [0.2, 0.25) is 5.02 Å². The van der Waals surface area contributed by atoms with Crippen LogP contribution in [0.1, 0.15) is 22.9 Å². The SMILES string of the molecule is CCOC(=O)/C=C\C(=O)OCC(Br)c1c(Cl)cc(C(F)(F)F)cc1Br. The molecule has 0 aromatic heterocycles. The van der Waals surface area contributed by atoms with E-state index in [1.807, 2.05) is 0 Å². The minimum Gasteiger partial charge on any atom is -0.463 e. The Morgan fingerprint density at radius 2 is 1.80 bits per heavy atom. The summed E-state index contributed by atoms with van der Waals surface area (Å²) in [5.74, 6) is -1.50. The normalized spacial score (nSPS) is 12.9. The van der Waals surface area contributed by atoms with Crippen molar-refractivity contribution in [3.8, 4) is 0 Å². The van der Waals surface area contributed by atoms with E-state index >= 15 is 0 Å². The molecule has 0 aliphatic carbocycles. The van der Waals surface area contributed by atoms with Crippen molar-refractivity contribution in [3.63, 3.8) is 0 Å². The average Bonchev–Trinajstić information content (AvgIpc) is 2.49. The summed E-state index contributed by atoms with van der Waals surface area (Å²) >= 11 is 12.2. The molecule has 138 valence electrons. The van der Waals surface area contributed by atoms with Gasteiger partial charge in [-0.25, -0.2) is 9.59 Å². The van der Waals surface area contributed by atoms with Crippen LogP contribution in [0.25, 0.3) is 0 Å². The molecular weight excluding hydrogens is 496 g/mol. The van der Waals surface area contributed by atoms with Crippen molar-refractivity contribution in [3.05, 3.63) is 44.9 Å². The van der Waals surface area contributed by atoms with Gasteiger partial charge in [0, 0.05) is 27.2 Å². The molecule has 0 saturated carbocycles. The maximum Gasteiger partial charge on any atom is 0.416 e. The smallest absolute Gasteiger partial charge is 0.416 e. The van der Waals surface area contributed by atoms with Crippen LogP contribution in [0.3, 0.4) is 0 Å². The highest BCUT2D eigenvalue weighted by molar-refractivity contribution is 9.11. The highest BCUT2D eigenvalue weighted by Gasteiger charge is 2.32. The van der Waals surface area contributed by atoms with Gasteiger partial charge in [0.15, 0.2) is 0 Å². The van der Waals surface area contributed by atoms with Crippen molar-refractivity contribution in [1.29, 1.82) is 0 Å². The monoisotopic (exact) mass is 506 g/mol. The molecule has 0 aliphatic rings. The van der Waals surface area contributed by atoms with Gasteiger partial charge in [0.2, 0.25) is 0 Å². The van der Waals surface area contributed by atoms with Crippen LogP contribution in [-0.2, 0) is 25.2 Å². The average molecular weight is 509 g/mol. The van der Waals surface area contributed by atoms with Gasteiger partial charge in [-0.05, 0) is 19.1 Å². The van der Waals surface area contributed by atoms with Gasteiger partial charge in [-0.15, -0.1) is 0 Å². The van der Waals surface area contributed by atoms with Crippen LogP contribution >= 0.6 is 43.5 Å². The first kappa shape index (κ1) is 22.0. The number of hydrogen-bond donors (Lipinski definition) is 0. The fourth-order valence-electron chi connectivity index (χ4n) is 1.66. The molecule has 0 N–H and O–H groups in total. The molecule has 1 unspecified atom stereocenters. The largest absolute Gasteiger partial charge is 0.463 e. The van der Waals surface area contributed by atoms with Crippen LogP contribution in [0.4, 0.5) is 13.2 Å². The van der Waals surface area contributed by atoms with Crippen molar-refractivity contribution in [2.24, 2.45) is 0 Å². The Morgan fingerprint density at radius 3 is 2.28 bits per heavy atom. The minimum absolute atomic E-state index is 0.118. The lowest BCUT2D eigenvalue weighted by Crippen LogP contribution is -2.10. The number of alkyl halides is 4. The molecule has 0 saturated heterocycles. The number of benzene rings is 1. The van der Waals surface area contributed by atoms with Gasteiger partial charge in [0.05, 0.1) is 17.0 Å². The number of hydrogen-bond acceptors (Lipinski definition) is 4. The highest BCUT2D eigenvalue weighted by atomic mass is 79.9. The Hall–Kier alpha value is -1.06. The molecule has 0 heterocycles. The van der Waals surface area contributed by atoms with Gasteiger partial charge >= 0.3 is 18.1 Å². The number of rotatable bonds is 6. The van der Waals surface area contributed by atoms with Crippen LogP contribution in [0.15, 0.2) is 28.8 Å². The van der Waals surface area contributed by atoms with Crippen LogP contribution in [0.5, 0.6) is 0 Å². The van der Waals surface area contributed by atoms with Crippen LogP contribution in [-0.4, -0.2) is 25.2 Å². The summed E-state index contributed by atoms with van der Waals surface area (Å²) in [5.41, 5.74) is -0.598. The van der Waals surface area contributed by atoms with E-state index in [2.05, 4.69) is 36.6 Å². The zero-order chi connectivity index (χ0) is 19.2. The van der Waals surface area contributed by atoms with Crippen molar-refractivity contribution in [2.75, 3.05) is 13.2 Å². The maximum atomic E-state index is 12.7. The Morgan fingerprint density at radius 1 is 1.24 bits per heavy atom. The number of carbonyl (C=O) groups excluding carboxylic acids is 2. The molecule has 0 spiro atoms. The molecule has 4 nitrogen and oxygen atoms in total. The first-order valence-electron chi connectivity index (χ1n) is 6.78. The van der Waals surface area contributed by atoms with Gasteiger partial charge in [-0.1, -0.05) is 43.5 Å². The van der Waals surface area contributed by atoms with E-state index in [1.165, 1.54) is 0 Å². The fourth-order valence-corrected chi connectivity index (χ4v) is 3.93. The molecule has 0 aliphatic heterocycles. The summed E-state index contributed by atoms with van der Waals surface area (Å²) in [6.45, 7) is 1.57. The lowest BCUT2D eigenvalue weighted by Gasteiger charge is -2.16. The quantitative estimate of drug-likeness (QED) is 0.301. The van der Waals surface area contributed by atoms with E-state index in [0.717, 1.165) is 24.3 Å². The van der Waals surface area contributed by atoms with E-state index in [9.17, 15) is 22.8 Å². The zero-order valence-electron chi connectivity index (χ0n) is 12.7. The summed E-state index contributed by atoms with van der Waals surface area (Å²) in [4.78, 5) is 21.9. The third-order valence-electron chi connectivity index (χ3n) is 2.73. The van der Waals surface area contributed by atoms with E-state index in [0.29, 0.717) is 5.56 Å². The van der Waals surface area contributed by atoms with Gasteiger partial charge in [0.1, 0.15) is 6.61 Å². The molecule has 0 bridgehead atoms. The predicted octanol–water partition coefficient (Wildman–Crippen LogP) is 5.22. The lowest BCUT2D eigenvalue weighted by atomic mass is 10.1. The fraction of sp³-hybridized carbons (Fsp3) is 0.333. The molecule has 1 atom stereocenters. The van der Waals surface area contributed by atoms with Crippen LogP contribution in [0, 0.1) is 0 Å². The second-order valence-corrected chi connectivity index (χ2v) is 6.90. The molecule has 0 radical (unpaired) electrons. The zero-order valence-corrected chi connectivity index (χ0v) is 16.6. The maximum absolute atomic E-state index is 12.7. The second-order valence-electron chi connectivity index (χ2n) is 4.53. The topological polar surface area (TPSA) is 52.6 Å². The van der Waals surface area contributed by atoms with Gasteiger partial charge in [-0.3, -0.25) is 0 Å². The van der Waals surface area contributed by atoms with E-state index < -0.39 is 28.5 Å². The Labute approximate surface area is 163 Å². The molecule has 0 amide bonds. The van der Waals surface area contributed by atoms with Crippen LogP contribution < -0.4 is 0 Å². The number of ether oxygens (including phenoxy) is 2. The third-order valence-corrected chi connectivity index (χ3v) is 4.42. The third kappa shape index (κ3) is 6.99. The second kappa shape index (κ2) is 9.59. The Kier molecular flexibility index (Phi) is 8.43. The van der Waals surface area contributed by atoms with E-state index in [-0.39, 0.29) is 22.7 Å². The summed E-state index contributed by atoms with van der Waals surface area (Å²) in [6.07, 6.45) is -2.73. The minimum atomic E-state index is -4.53. The lowest BCUT2D eigenvalue weighted by molar-refractivity contribution is -0.140. The Bertz CT molecular complexity index is 654. The number of carbonyl (C=O) groups is 2. The first-order chi connectivity index (χ1) is 11.6. The number of halogens is 6. The van der Waals surface area contributed by atoms with E-state index in [4.69, 9.17) is 16.3 Å². The van der Waals surface area contributed by atoms with Gasteiger partial charge in [-0.2, -0.15) is 13.2 Å². The van der Waals surface area contributed by atoms with Gasteiger partial charge < -0.3 is 9.47 Å². The Balaban J connectivity index is 2.77. The van der Waals surface area contributed by atoms with Gasteiger partial charge in [0.25, 0.3) is 0 Å². The molecule has 1 rings (SSSR count). The van der Waals surface area contributed by atoms with Crippen molar-refractivity contribution in [1.82, 2.24) is 0 Å². The molecule has 25 heavy (non-hydrogen) atoms. The molecule has 1 aromatic rings. The standard InChI is InChI=1S/C15H12Br2ClF3O4/c1-2-24-12(22)3-4-13(23)25-7-10(17)14-9(16)5-8(6-11(14)18)15(19,20)21/h3-6,10H,2,7H2,1H3/b4-3-. The summed E-state index contributed by atoms with van der Waals surface area (Å²) in [7, 11) is 0. The summed E-state index contributed by atoms with van der Waals surface area (Å²) in [5, 5.41) is -0.137. The molecule has 10 heteroatoms. The first-order valence-corrected chi connectivity index (χ1v) is 8.86. The summed E-state index contributed by atoms with van der Waals surface area (Å²) < 4.78 is 47.8. The predicted molar refractivity (Wildman–Crippen MR) is 92.6 cm³/mol. The van der Waals surface area contributed by atoms with Crippen molar-refractivity contribution >= 4 is 55.4 Å². The molecule has 0 fully saturated rings. The van der Waals surface area contributed by atoms with Crippen molar-refractivity contribution < 1.29 is 32.2 Å². The molecule has 1 aromatic carbocycles. The highest BCUT2D eigenvalue weighted by Crippen LogP contribution is 2.40. The molecular formula is C15H12Br2ClF3O4. The van der Waals surface area contributed by atoms with E-state index in [1.54, 1.807) is 6.92 Å². The number of esters is 2. The summed E-state index contributed by atoms with van der Waals surface area (Å²) in [6, 6.07) is 1.68.